The van der Waals surface area contributed by atoms with Crippen molar-refractivity contribution in [3.05, 3.63) is 58.4 Å². The first kappa shape index (κ1) is 17.4. The number of rotatable bonds is 5. The number of thiazole rings is 1. The van der Waals surface area contributed by atoms with E-state index in [-0.39, 0.29) is 4.90 Å². The maximum Gasteiger partial charge on any atom is 0.265 e. The van der Waals surface area contributed by atoms with Crippen LogP contribution in [0.1, 0.15) is 10.6 Å². The molecule has 25 heavy (non-hydrogen) atoms. The van der Waals surface area contributed by atoms with E-state index in [2.05, 4.69) is 9.71 Å². The fourth-order valence-electron chi connectivity index (χ4n) is 2.48. The topological polar surface area (TPSA) is 68.3 Å². The van der Waals surface area contributed by atoms with Crippen LogP contribution in [0.3, 0.4) is 0 Å². The Bertz CT molecular complexity index is 1010. The van der Waals surface area contributed by atoms with Crippen molar-refractivity contribution in [1.82, 2.24) is 4.98 Å². The van der Waals surface area contributed by atoms with Crippen LogP contribution in [0.5, 0.6) is 5.75 Å². The van der Waals surface area contributed by atoms with Crippen LogP contribution in [0.4, 0.5) is 5.69 Å². The Morgan fingerprint density at radius 3 is 2.56 bits per heavy atom. The number of nitrogens with one attached hydrogen (secondary N) is 1. The van der Waals surface area contributed by atoms with E-state index in [0.29, 0.717) is 11.4 Å². The second-order valence-corrected chi connectivity index (χ2v) is 8.27. The highest BCUT2D eigenvalue weighted by Crippen LogP contribution is 2.32. The second-order valence-electron chi connectivity index (χ2n) is 5.56. The van der Waals surface area contributed by atoms with Crippen molar-refractivity contribution in [2.45, 2.75) is 18.7 Å². The number of aryl methyl sites for hydroxylation is 2. The third-order valence-corrected chi connectivity index (χ3v) is 5.85. The van der Waals surface area contributed by atoms with E-state index in [1.807, 2.05) is 31.4 Å². The Labute approximate surface area is 151 Å². The molecule has 2 aromatic carbocycles. The zero-order valence-corrected chi connectivity index (χ0v) is 15.7. The lowest BCUT2D eigenvalue weighted by atomic mass is 10.1. The van der Waals surface area contributed by atoms with Crippen molar-refractivity contribution in [3.8, 4) is 17.0 Å². The van der Waals surface area contributed by atoms with E-state index >= 15 is 0 Å². The van der Waals surface area contributed by atoms with Gasteiger partial charge in [-0.15, -0.1) is 11.3 Å². The van der Waals surface area contributed by atoms with E-state index in [1.165, 1.54) is 18.4 Å². The standard InChI is InChI=1S/C18H18N2O3S2/c1-12-8-9-18(17(10-12)23-3)25(21,22)20-15-7-5-4-6-14(15)16-11-24-13(2)19-16/h4-11,20H,1-3H3. The van der Waals surface area contributed by atoms with Gasteiger partial charge in [-0.2, -0.15) is 0 Å². The number of methoxy groups -OCH3 is 1. The zero-order chi connectivity index (χ0) is 18.0. The first-order valence-electron chi connectivity index (χ1n) is 7.60. The van der Waals surface area contributed by atoms with Crippen LogP contribution in [0.2, 0.25) is 0 Å². The largest absolute Gasteiger partial charge is 0.495 e. The molecule has 0 fully saturated rings. The van der Waals surface area contributed by atoms with Crippen LogP contribution < -0.4 is 9.46 Å². The Hall–Kier alpha value is -2.38. The molecule has 130 valence electrons. The fraction of sp³-hybridized carbons (Fsp3) is 0.167. The van der Waals surface area contributed by atoms with Crippen molar-refractivity contribution in [3.63, 3.8) is 0 Å². The van der Waals surface area contributed by atoms with E-state index in [9.17, 15) is 8.42 Å². The summed E-state index contributed by atoms with van der Waals surface area (Å²) in [5, 5.41) is 2.84. The average molecular weight is 374 g/mol. The van der Waals surface area contributed by atoms with Gasteiger partial charge in [0.25, 0.3) is 10.0 Å². The molecule has 0 atom stereocenters. The predicted octanol–water partition coefficient (Wildman–Crippen LogP) is 4.24. The average Bonchev–Trinajstić information content (AvgIpc) is 3.01. The number of hydrogen-bond donors (Lipinski definition) is 1. The highest BCUT2D eigenvalue weighted by Gasteiger charge is 2.21. The molecule has 3 aromatic rings. The summed E-state index contributed by atoms with van der Waals surface area (Å²) in [4.78, 5) is 4.55. The number of benzene rings is 2. The summed E-state index contributed by atoms with van der Waals surface area (Å²) in [7, 11) is -2.34. The van der Waals surface area contributed by atoms with E-state index in [0.717, 1.165) is 21.8 Å². The number of para-hydroxylation sites is 1. The molecule has 0 bridgehead atoms. The van der Waals surface area contributed by atoms with Crippen LogP contribution in [0.25, 0.3) is 11.3 Å². The number of nitrogens with zero attached hydrogens (tertiary/aromatic N) is 1. The molecule has 0 amide bonds. The lowest BCUT2D eigenvalue weighted by molar-refractivity contribution is 0.402. The van der Waals surface area contributed by atoms with Crippen molar-refractivity contribution in [1.29, 1.82) is 0 Å². The van der Waals surface area contributed by atoms with Crippen molar-refractivity contribution in [2.75, 3.05) is 11.8 Å². The summed E-state index contributed by atoms with van der Waals surface area (Å²) in [5.74, 6) is 0.314. The van der Waals surface area contributed by atoms with Gasteiger partial charge in [0.2, 0.25) is 0 Å². The Kier molecular flexibility index (Phi) is 4.78. The molecular formula is C18H18N2O3S2. The van der Waals surface area contributed by atoms with Gasteiger partial charge in [-0.1, -0.05) is 24.3 Å². The van der Waals surface area contributed by atoms with Gasteiger partial charge in [-0.05, 0) is 37.6 Å². The number of ether oxygens (including phenoxy) is 1. The maximum atomic E-state index is 12.9. The predicted molar refractivity (Wildman–Crippen MR) is 101 cm³/mol. The van der Waals surface area contributed by atoms with Gasteiger partial charge in [0.1, 0.15) is 10.6 Å². The maximum absolute atomic E-state index is 12.9. The van der Waals surface area contributed by atoms with Crippen LogP contribution >= 0.6 is 11.3 Å². The van der Waals surface area contributed by atoms with Crippen LogP contribution in [-0.4, -0.2) is 20.5 Å². The highest BCUT2D eigenvalue weighted by atomic mass is 32.2. The summed E-state index contributed by atoms with van der Waals surface area (Å²) in [6, 6.07) is 12.2. The normalized spacial score (nSPS) is 11.3. The van der Waals surface area contributed by atoms with Gasteiger partial charge in [0.15, 0.2) is 0 Å². The molecule has 0 radical (unpaired) electrons. The molecule has 0 aliphatic rings. The molecular weight excluding hydrogens is 356 g/mol. The van der Waals surface area contributed by atoms with E-state index < -0.39 is 10.0 Å². The monoisotopic (exact) mass is 374 g/mol. The Balaban J connectivity index is 2.03. The summed E-state index contributed by atoms with van der Waals surface area (Å²) in [6.07, 6.45) is 0. The minimum absolute atomic E-state index is 0.102. The smallest absolute Gasteiger partial charge is 0.265 e. The van der Waals surface area contributed by atoms with E-state index in [1.54, 1.807) is 30.3 Å². The van der Waals surface area contributed by atoms with Gasteiger partial charge in [0, 0.05) is 10.9 Å². The highest BCUT2D eigenvalue weighted by molar-refractivity contribution is 7.92. The van der Waals surface area contributed by atoms with Crippen LogP contribution in [0, 0.1) is 13.8 Å². The molecule has 0 aliphatic carbocycles. The molecule has 0 unspecified atom stereocenters. The lowest BCUT2D eigenvalue weighted by Crippen LogP contribution is -2.14. The van der Waals surface area contributed by atoms with Gasteiger partial charge >= 0.3 is 0 Å². The van der Waals surface area contributed by atoms with Gasteiger partial charge < -0.3 is 4.74 Å². The van der Waals surface area contributed by atoms with Crippen molar-refractivity contribution < 1.29 is 13.2 Å². The van der Waals surface area contributed by atoms with Gasteiger partial charge in [0.05, 0.1) is 23.5 Å². The first-order valence-corrected chi connectivity index (χ1v) is 9.96. The second kappa shape index (κ2) is 6.85. The quantitative estimate of drug-likeness (QED) is 0.725. The number of sulfonamides is 1. The van der Waals surface area contributed by atoms with Gasteiger partial charge in [-0.25, -0.2) is 13.4 Å². The molecule has 5 nitrogen and oxygen atoms in total. The van der Waals surface area contributed by atoms with Crippen LogP contribution in [0.15, 0.2) is 52.7 Å². The Morgan fingerprint density at radius 2 is 1.88 bits per heavy atom. The molecule has 1 N–H and O–H groups in total. The van der Waals surface area contributed by atoms with Crippen molar-refractivity contribution >= 4 is 27.0 Å². The molecule has 1 heterocycles. The number of aromatic nitrogens is 1. The number of hydrogen-bond acceptors (Lipinski definition) is 5. The number of anilines is 1. The summed E-state index contributed by atoms with van der Waals surface area (Å²) >= 11 is 1.52. The third kappa shape index (κ3) is 3.67. The molecule has 0 saturated heterocycles. The third-order valence-electron chi connectivity index (χ3n) is 3.67. The minimum Gasteiger partial charge on any atom is -0.495 e. The summed E-state index contributed by atoms with van der Waals surface area (Å²) in [5.41, 5.74) is 2.89. The molecule has 3 rings (SSSR count). The first-order chi connectivity index (χ1) is 11.9. The molecule has 1 aromatic heterocycles. The zero-order valence-electron chi connectivity index (χ0n) is 14.1. The van der Waals surface area contributed by atoms with Crippen molar-refractivity contribution in [2.24, 2.45) is 0 Å². The fourth-order valence-corrected chi connectivity index (χ4v) is 4.32. The van der Waals surface area contributed by atoms with E-state index in [4.69, 9.17) is 4.74 Å². The summed E-state index contributed by atoms with van der Waals surface area (Å²) in [6.45, 7) is 3.80. The Morgan fingerprint density at radius 1 is 1.12 bits per heavy atom. The van der Waals surface area contributed by atoms with Gasteiger partial charge in [-0.3, -0.25) is 4.72 Å². The molecule has 0 spiro atoms. The minimum atomic E-state index is -3.80. The van der Waals surface area contributed by atoms with Crippen LogP contribution in [-0.2, 0) is 10.0 Å². The lowest BCUT2D eigenvalue weighted by Gasteiger charge is -2.14. The molecule has 7 heteroatoms. The molecule has 0 aliphatic heterocycles. The molecule has 0 saturated carbocycles. The SMILES string of the molecule is COc1cc(C)ccc1S(=O)(=O)Nc1ccccc1-c1csc(C)n1. The summed E-state index contributed by atoms with van der Waals surface area (Å²) < 4.78 is 33.6.